The molecule has 0 bridgehead atoms. The van der Waals surface area contributed by atoms with Gasteiger partial charge in [0.15, 0.2) is 0 Å². The van der Waals surface area contributed by atoms with Crippen LogP contribution in [-0.2, 0) is 0 Å². The predicted octanol–water partition coefficient (Wildman–Crippen LogP) is 2.35. The lowest BCUT2D eigenvalue weighted by atomic mass is 10.1. The van der Waals surface area contributed by atoms with Gasteiger partial charge in [-0.1, -0.05) is 18.2 Å². The van der Waals surface area contributed by atoms with E-state index >= 15 is 0 Å². The molecule has 5 heteroatoms. The standard InChI is InChI=1S/C13H12FNO2S/c14-11-4-2-1-3-10(11)12(16)7-15-13(17)9-5-6-18-8-9/h1-6,8,12,16H,7H2,(H,15,17). The zero-order valence-electron chi connectivity index (χ0n) is 9.47. The first-order valence-corrected chi connectivity index (χ1v) is 6.35. The molecule has 2 rings (SSSR count). The van der Waals surface area contributed by atoms with E-state index in [2.05, 4.69) is 5.32 Å². The Kier molecular flexibility index (Phi) is 4.07. The molecule has 18 heavy (non-hydrogen) atoms. The second kappa shape index (κ2) is 5.75. The Hall–Kier alpha value is -1.72. The van der Waals surface area contributed by atoms with E-state index in [4.69, 9.17) is 0 Å². The van der Waals surface area contributed by atoms with E-state index in [1.165, 1.54) is 23.5 Å². The average Bonchev–Trinajstić information content (AvgIpc) is 2.90. The van der Waals surface area contributed by atoms with Crippen LogP contribution in [0.1, 0.15) is 22.0 Å². The zero-order valence-corrected chi connectivity index (χ0v) is 10.3. The number of amides is 1. The summed E-state index contributed by atoms with van der Waals surface area (Å²) < 4.78 is 13.4. The Morgan fingerprint density at radius 2 is 2.17 bits per heavy atom. The number of hydrogen-bond donors (Lipinski definition) is 2. The van der Waals surface area contributed by atoms with E-state index in [0.29, 0.717) is 5.56 Å². The van der Waals surface area contributed by atoms with Gasteiger partial charge in [0.25, 0.3) is 5.91 Å². The Balaban J connectivity index is 1.95. The fourth-order valence-corrected chi connectivity index (χ4v) is 2.18. The number of aliphatic hydroxyl groups is 1. The largest absolute Gasteiger partial charge is 0.386 e. The summed E-state index contributed by atoms with van der Waals surface area (Å²) in [4.78, 5) is 11.6. The fraction of sp³-hybridized carbons (Fsp3) is 0.154. The number of aliphatic hydroxyl groups excluding tert-OH is 1. The van der Waals surface area contributed by atoms with Gasteiger partial charge in [0.1, 0.15) is 5.82 Å². The monoisotopic (exact) mass is 265 g/mol. The number of nitrogens with one attached hydrogen (secondary N) is 1. The Labute approximate surface area is 108 Å². The number of thiophene rings is 1. The van der Waals surface area contributed by atoms with Crippen molar-refractivity contribution in [2.45, 2.75) is 6.10 Å². The second-order valence-corrected chi connectivity index (χ2v) is 4.54. The maximum Gasteiger partial charge on any atom is 0.252 e. The minimum Gasteiger partial charge on any atom is -0.386 e. The number of benzene rings is 1. The molecule has 0 fully saturated rings. The molecule has 1 aromatic heterocycles. The molecule has 1 heterocycles. The van der Waals surface area contributed by atoms with Crippen LogP contribution < -0.4 is 5.32 Å². The molecule has 0 spiro atoms. The summed E-state index contributed by atoms with van der Waals surface area (Å²) in [6.45, 7) is -0.0182. The maximum absolute atomic E-state index is 13.4. The van der Waals surface area contributed by atoms with E-state index in [-0.39, 0.29) is 18.0 Å². The van der Waals surface area contributed by atoms with Crippen LogP contribution in [0.15, 0.2) is 41.1 Å². The van der Waals surface area contributed by atoms with Gasteiger partial charge in [0.05, 0.1) is 6.10 Å². The van der Waals surface area contributed by atoms with Crippen molar-refractivity contribution in [2.75, 3.05) is 6.54 Å². The molecule has 1 aromatic carbocycles. The molecule has 0 aliphatic rings. The third-order valence-electron chi connectivity index (χ3n) is 2.50. The molecular weight excluding hydrogens is 253 g/mol. The van der Waals surface area contributed by atoms with Crippen molar-refractivity contribution < 1.29 is 14.3 Å². The number of halogens is 1. The van der Waals surface area contributed by atoms with Crippen LogP contribution in [0.5, 0.6) is 0 Å². The predicted molar refractivity (Wildman–Crippen MR) is 68.0 cm³/mol. The van der Waals surface area contributed by atoms with Crippen molar-refractivity contribution in [2.24, 2.45) is 0 Å². The minimum absolute atomic E-state index is 0.0182. The summed E-state index contributed by atoms with van der Waals surface area (Å²) in [5.41, 5.74) is 0.726. The zero-order chi connectivity index (χ0) is 13.0. The van der Waals surface area contributed by atoms with Crippen LogP contribution in [0, 0.1) is 5.82 Å². The van der Waals surface area contributed by atoms with Gasteiger partial charge in [-0.25, -0.2) is 4.39 Å². The number of carbonyl (C=O) groups is 1. The quantitative estimate of drug-likeness (QED) is 0.891. The van der Waals surface area contributed by atoms with Gasteiger partial charge in [-0.05, 0) is 17.5 Å². The molecule has 2 N–H and O–H groups in total. The van der Waals surface area contributed by atoms with Crippen molar-refractivity contribution in [3.05, 3.63) is 58.0 Å². The van der Waals surface area contributed by atoms with Gasteiger partial charge in [-0.15, -0.1) is 0 Å². The molecule has 1 unspecified atom stereocenters. The van der Waals surface area contributed by atoms with Crippen LogP contribution in [0.25, 0.3) is 0 Å². The third-order valence-corrected chi connectivity index (χ3v) is 3.19. The van der Waals surface area contributed by atoms with Crippen molar-refractivity contribution in [3.8, 4) is 0 Å². The van der Waals surface area contributed by atoms with E-state index in [1.807, 2.05) is 0 Å². The van der Waals surface area contributed by atoms with E-state index < -0.39 is 11.9 Å². The SMILES string of the molecule is O=C(NCC(O)c1ccccc1F)c1ccsc1. The molecular formula is C13H12FNO2S. The van der Waals surface area contributed by atoms with Crippen LogP contribution >= 0.6 is 11.3 Å². The normalized spacial score (nSPS) is 12.1. The van der Waals surface area contributed by atoms with Crippen LogP contribution in [-0.4, -0.2) is 17.6 Å². The van der Waals surface area contributed by atoms with Crippen LogP contribution in [0.3, 0.4) is 0 Å². The highest BCUT2D eigenvalue weighted by Crippen LogP contribution is 2.15. The van der Waals surface area contributed by atoms with Crippen molar-refractivity contribution in [1.29, 1.82) is 0 Å². The molecule has 0 saturated heterocycles. The highest BCUT2D eigenvalue weighted by Gasteiger charge is 2.14. The Bertz CT molecular complexity index is 528. The molecule has 1 atom stereocenters. The van der Waals surface area contributed by atoms with Crippen LogP contribution in [0.2, 0.25) is 0 Å². The highest BCUT2D eigenvalue weighted by atomic mass is 32.1. The summed E-state index contributed by atoms with van der Waals surface area (Å²) in [7, 11) is 0. The lowest BCUT2D eigenvalue weighted by Gasteiger charge is -2.12. The Morgan fingerprint density at radius 3 is 2.83 bits per heavy atom. The van der Waals surface area contributed by atoms with Crippen molar-refractivity contribution >= 4 is 17.2 Å². The van der Waals surface area contributed by atoms with Gasteiger partial charge >= 0.3 is 0 Å². The third kappa shape index (κ3) is 2.94. The summed E-state index contributed by atoms with van der Waals surface area (Å²) >= 11 is 1.42. The van der Waals surface area contributed by atoms with Crippen LogP contribution in [0.4, 0.5) is 4.39 Å². The first-order chi connectivity index (χ1) is 8.68. The molecule has 0 saturated carbocycles. The van der Waals surface area contributed by atoms with Gasteiger partial charge in [-0.2, -0.15) is 11.3 Å². The smallest absolute Gasteiger partial charge is 0.252 e. The number of rotatable bonds is 4. The molecule has 0 aliphatic heterocycles. The lowest BCUT2D eigenvalue weighted by Crippen LogP contribution is -2.28. The number of hydrogen-bond acceptors (Lipinski definition) is 3. The molecule has 0 aliphatic carbocycles. The van der Waals surface area contributed by atoms with Gasteiger partial charge in [0, 0.05) is 23.1 Å². The summed E-state index contributed by atoms with van der Waals surface area (Å²) in [6.07, 6.45) is -1.05. The highest BCUT2D eigenvalue weighted by molar-refractivity contribution is 7.08. The minimum atomic E-state index is -1.05. The summed E-state index contributed by atoms with van der Waals surface area (Å²) in [5, 5.41) is 15.9. The van der Waals surface area contributed by atoms with E-state index in [0.717, 1.165) is 0 Å². The maximum atomic E-state index is 13.4. The molecule has 2 aromatic rings. The average molecular weight is 265 g/mol. The fourth-order valence-electron chi connectivity index (χ4n) is 1.54. The first-order valence-electron chi connectivity index (χ1n) is 5.41. The Morgan fingerprint density at radius 1 is 1.39 bits per heavy atom. The van der Waals surface area contributed by atoms with Crippen molar-refractivity contribution in [3.63, 3.8) is 0 Å². The molecule has 0 radical (unpaired) electrons. The topological polar surface area (TPSA) is 49.3 Å². The van der Waals surface area contributed by atoms with Gasteiger partial charge in [0.2, 0.25) is 0 Å². The van der Waals surface area contributed by atoms with E-state index in [1.54, 1.807) is 29.0 Å². The lowest BCUT2D eigenvalue weighted by molar-refractivity contribution is 0.0914. The van der Waals surface area contributed by atoms with Gasteiger partial charge < -0.3 is 10.4 Å². The molecule has 1 amide bonds. The molecule has 94 valence electrons. The second-order valence-electron chi connectivity index (χ2n) is 3.76. The molecule has 3 nitrogen and oxygen atoms in total. The number of carbonyl (C=O) groups excluding carboxylic acids is 1. The van der Waals surface area contributed by atoms with E-state index in [9.17, 15) is 14.3 Å². The summed E-state index contributed by atoms with van der Waals surface area (Å²) in [5.74, 6) is -0.749. The van der Waals surface area contributed by atoms with Gasteiger partial charge in [-0.3, -0.25) is 4.79 Å². The first kappa shape index (κ1) is 12.7. The summed E-state index contributed by atoms with van der Waals surface area (Å²) in [6, 6.07) is 7.66. The van der Waals surface area contributed by atoms with Crippen molar-refractivity contribution in [1.82, 2.24) is 5.32 Å².